The van der Waals surface area contributed by atoms with Crippen LogP contribution in [0.4, 0.5) is 17.1 Å². The molecule has 3 aliphatic heterocycles. The maximum absolute atomic E-state index is 14.6. The Morgan fingerprint density at radius 2 is 1.55 bits per heavy atom. The van der Waals surface area contributed by atoms with E-state index in [2.05, 4.69) is 10.6 Å². The number of Topliss-reactive ketones (excluding diaryl/α,β-unsaturated/α-hetero) is 1. The Hall–Kier alpha value is -4.68. The Morgan fingerprint density at radius 3 is 2.35 bits per heavy atom. The minimum atomic E-state index is -1.34. The van der Waals surface area contributed by atoms with E-state index in [1.165, 1.54) is 0 Å². The number of para-hydroxylation sites is 2. The van der Waals surface area contributed by atoms with Gasteiger partial charge in [0.15, 0.2) is 5.78 Å². The van der Waals surface area contributed by atoms with E-state index >= 15 is 0 Å². The molecule has 0 radical (unpaired) electrons. The highest BCUT2D eigenvalue weighted by Gasteiger charge is 2.70. The van der Waals surface area contributed by atoms with Crippen molar-refractivity contribution in [2.24, 2.45) is 5.92 Å². The first-order chi connectivity index (χ1) is 19.5. The van der Waals surface area contributed by atoms with Crippen LogP contribution in [0.1, 0.15) is 21.5 Å². The number of amides is 2. The molecule has 4 aromatic rings. The molecule has 2 amide bonds. The van der Waals surface area contributed by atoms with E-state index in [0.717, 1.165) is 16.8 Å². The molecule has 0 aliphatic carbocycles. The molecule has 6 nitrogen and oxygen atoms in total. The lowest BCUT2D eigenvalue weighted by Crippen LogP contribution is -2.51. The second-order valence-corrected chi connectivity index (χ2v) is 10.7. The number of fused-ring (bicyclic) bond motifs is 6. The Labute approximate surface area is 236 Å². The van der Waals surface area contributed by atoms with Crippen LogP contribution in [0, 0.1) is 5.92 Å². The van der Waals surface area contributed by atoms with Gasteiger partial charge in [0.1, 0.15) is 11.5 Å². The number of ketones is 1. The van der Waals surface area contributed by atoms with E-state index in [4.69, 9.17) is 11.6 Å². The molecule has 3 aliphatic rings. The molecule has 2 N–H and O–H groups in total. The van der Waals surface area contributed by atoms with Crippen molar-refractivity contribution in [3.8, 4) is 0 Å². The summed E-state index contributed by atoms with van der Waals surface area (Å²) in [5.74, 6) is -1.94. The number of benzene rings is 4. The van der Waals surface area contributed by atoms with Gasteiger partial charge in [0.05, 0.1) is 12.0 Å². The molecular formula is C33H24ClN3O3. The minimum absolute atomic E-state index is 0.260. The van der Waals surface area contributed by atoms with Crippen LogP contribution in [0.3, 0.4) is 0 Å². The summed E-state index contributed by atoms with van der Waals surface area (Å²) in [5.41, 5.74) is 2.75. The number of anilines is 3. The Morgan fingerprint density at radius 1 is 0.850 bits per heavy atom. The predicted octanol–water partition coefficient (Wildman–Crippen LogP) is 5.95. The fraction of sp³-hybridized carbons (Fsp3) is 0.121. The van der Waals surface area contributed by atoms with Gasteiger partial charge in [-0.05, 0) is 47.5 Å². The van der Waals surface area contributed by atoms with E-state index in [-0.39, 0.29) is 17.6 Å². The molecule has 0 unspecified atom stereocenters. The molecule has 1 spiro atoms. The molecule has 7 rings (SSSR count). The van der Waals surface area contributed by atoms with Crippen molar-refractivity contribution >= 4 is 52.3 Å². The number of rotatable bonds is 4. The normalized spacial score (nSPS) is 23.8. The second-order valence-electron chi connectivity index (χ2n) is 10.3. The standard InChI is InChI=1S/C33H24ClN3O3/c34-22-15-17-23(18-16-22)35-31(39)29-28(30(38)21-9-2-1-3-10-21)33(24-11-5-6-12-25(24)36-32(33)40)27-19-14-20-8-4-7-13-26(20)37(27)29/h1-19,27-29H,(H,35,39)(H,36,40)/t27-,28+,29+,33+/m1/s1. The van der Waals surface area contributed by atoms with E-state index in [9.17, 15) is 14.4 Å². The second kappa shape index (κ2) is 9.21. The number of nitrogens with one attached hydrogen (secondary N) is 2. The topological polar surface area (TPSA) is 78.5 Å². The Balaban J connectivity index is 1.48. The average Bonchev–Trinajstić information content (AvgIpc) is 3.47. The molecule has 4 aromatic carbocycles. The molecule has 196 valence electrons. The summed E-state index contributed by atoms with van der Waals surface area (Å²) in [6.45, 7) is 0. The SMILES string of the molecule is O=C(Nc1ccc(Cl)cc1)[C@@H]1[C@@H](C(=O)c2ccccc2)[C@@]2(C(=O)Nc3ccccc32)[C@H]2C=Cc3ccccc3N12. The van der Waals surface area contributed by atoms with Crippen molar-refractivity contribution in [3.63, 3.8) is 0 Å². The van der Waals surface area contributed by atoms with E-state index < -0.39 is 23.4 Å². The average molecular weight is 546 g/mol. The third-order valence-corrected chi connectivity index (χ3v) is 8.52. The first-order valence-electron chi connectivity index (χ1n) is 13.1. The quantitative estimate of drug-likeness (QED) is 0.311. The van der Waals surface area contributed by atoms with Gasteiger partial charge in [-0.3, -0.25) is 14.4 Å². The summed E-state index contributed by atoms with van der Waals surface area (Å²) in [6.07, 6.45) is 3.95. The maximum Gasteiger partial charge on any atom is 0.247 e. The van der Waals surface area contributed by atoms with Crippen LogP contribution in [0.25, 0.3) is 6.08 Å². The molecule has 4 atom stereocenters. The lowest BCUT2D eigenvalue weighted by molar-refractivity contribution is -0.122. The first-order valence-corrected chi connectivity index (χ1v) is 13.5. The molecule has 7 heteroatoms. The van der Waals surface area contributed by atoms with Crippen molar-refractivity contribution in [2.75, 3.05) is 15.5 Å². The van der Waals surface area contributed by atoms with Gasteiger partial charge in [-0.25, -0.2) is 0 Å². The maximum atomic E-state index is 14.6. The van der Waals surface area contributed by atoms with E-state index in [1.807, 2.05) is 71.6 Å². The summed E-state index contributed by atoms with van der Waals surface area (Å²) in [7, 11) is 0. The predicted molar refractivity (Wildman–Crippen MR) is 157 cm³/mol. The zero-order chi connectivity index (χ0) is 27.4. The van der Waals surface area contributed by atoms with Crippen molar-refractivity contribution in [1.82, 2.24) is 0 Å². The van der Waals surface area contributed by atoms with Crippen LogP contribution < -0.4 is 15.5 Å². The highest BCUT2D eigenvalue weighted by atomic mass is 35.5. The largest absolute Gasteiger partial charge is 0.350 e. The summed E-state index contributed by atoms with van der Waals surface area (Å²) in [4.78, 5) is 45.2. The molecule has 1 saturated heterocycles. The van der Waals surface area contributed by atoms with Gasteiger partial charge in [0, 0.05) is 27.6 Å². The molecular weight excluding hydrogens is 522 g/mol. The monoisotopic (exact) mass is 545 g/mol. The lowest BCUT2D eigenvalue weighted by atomic mass is 9.64. The number of carbonyl (C=O) groups is 3. The number of halogens is 1. The summed E-state index contributed by atoms with van der Waals surface area (Å²) in [6, 6.07) is 29.4. The van der Waals surface area contributed by atoms with Crippen molar-refractivity contribution in [1.29, 1.82) is 0 Å². The van der Waals surface area contributed by atoms with Gasteiger partial charge in [-0.1, -0.05) is 90.5 Å². The van der Waals surface area contributed by atoms with Crippen LogP contribution in [-0.4, -0.2) is 29.7 Å². The van der Waals surface area contributed by atoms with Gasteiger partial charge < -0.3 is 15.5 Å². The van der Waals surface area contributed by atoms with Crippen LogP contribution in [0.15, 0.2) is 109 Å². The molecule has 40 heavy (non-hydrogen) atoms. The highest BCUT2D eigenvalue weighted by molar-refractivity contribution is 6.30. The smallest absolute Gasteiger partial charge is 0.247 e. The Kier molecular flexibility index (Phi) is 5.61. The van der Waals surface area contributed by atoms with Gasteiger partial charge in [-0.15, -0.1) is 0 Å². The zero-order valence-electron chi connectivity index (χ0n) is 21.3. The Bertz CT molecular complexity index is 1700. The fourth-order valence-corrected chi connectivity index (χ4v) is 6.78. The fourth-order valence-electron chi connectivity index (χ4n) is 6.65. The number of hydrogen-bond acceptors (Lipinski definition) is 4. The van der Waals surface area contributed by atoms with Gasteiger partial charge >= 0.3 is 0 Å². The van der Waals surface area contributed by atoms with Crippen LogP contribution in [-0.2, 0) is 15.0 Å². The molecule has 0 saturated carbocycles. The van der Waals surface area contributed by atoms with Gasteiger partial charge in [-0.2, -0.15) is 0 Å². The van der Waals surface area contributed by atoms with Crippen molar-refractivity contribution in [3.05, 3.63) is 131 Å². The van der Waals surface area contributed by atoms with Gasteiger partial charge in [0.2, 0.25) is 11.8 Å². The number of nitrogens with zero attached hydrogens (tertiary/aromatic N) is 1. The minimum Gasteiger partial charge on any atom is -0.350 e. The third kappa shape index (κ3) is 3.46. The third-order valence-electron chi connectivity index (χ3n) is 8.26. The number of hydrogen-bond donors (Lipinski definition) is 2. The molecule has 0 bridgehead atoms. The molecule has 3 heterocycles. The van der Waals surface area contributed by atoms with Crippen molar-refractivity contribution < 1.29 is 14.4 Å². The molecule has 1 fully saturated rings. The summed E-state index contributed by atoms with van der Waals surface area (Å²) >= 11 is 6.08. The zero-order valence-corrected chi connectivity index (χ0v) is 22.0. The van der Waals surface area contributed by atoms with Gasteiger partial charge in [0.25, 0.3) is 0 Å². The first kappa shape index (κ1) is 24.4. The van der Waals surface area contributed by atoms with Crippen LogP contribution >= 0.6 is 11.6 Å². The van der Waals surface area contributed by atoms with Crippen LogP contribution in [0.5, 0.6) is 0 Å². The van der Waals surface area contributed by atoms with Crippen LogP contribution in [0.2, 0.25) is 5.02 Å². The van der Waals surface area contributed by atoms with E-state index in [0.29, 0.717) is 22.0 Å². The highest BCUT2D eigenvalue weighted by Crippen LogP contribution is 2.57. The summed E-state index contributed by atoms with van der Waals surface area (Å²) < 4.78 is 0. The van der Waals surface area contributed by atoms with E-state index in [1.54, 1.807) is 48.5 Å². The number of carbonyl (C=O) groups excluding carboxylic acids is 3. The molecule has 0 aromatic heterocycles. The summed E-state index contributed by atoms with van der Waals surface area (Å²) in [5, 5.41) is 6.60. The van der Waals surface area contributed by atoms with Crippen molar-refractivity contribution in [2.45, 2.75) is 17.5 Å². The lowest BCUT2D eigenvalue weighted by Gasteiger charge is -2.37.